The molecular formula is C9H9Br2N3OS. The summed E-state index contributed by atoms with van der Waals surface area (Å²) in [6, 6.07) is 1.95. The summed E-state index contributed by atoms with van der Waals surface area (Å²) in [7, 11) is 0. The molecule has 0 bridgehead atoms. The Labute approximate surface area is 113 Å². The van der Waals surface area contributed by atoms with E-state index in [1.54, 1.807) is 11.3 Å². The number of thiophene rings is 1. The van der Waals surface area contributed by atoms with Crippen molar-refractivity contribution in [2.24, 2.45) is 5.73 Å². The maximum atomic E-state index is 5.42. The van der Waals surface area contributed by atoms with Gasteiger partial charge in [0.1, 0.15) is 0 Å². The molecule has 0 saturated heterocycles. The highest BCUT2D eigenvalue weighted by Gasteiger charge is 2.14. The molecule has 2 aromatic heterocycles. The summed E-state index contributed by atoms with van der Waals surface area (Å²) in [5.74, 6) is 1.25. The Kier molecular flexibility index (Phi) is 4.12. The van der Waals surface area contributed by atoms with Gasteiger partial charge in [0.2, 0.25) is 0 Å². The minimum atomic E-state index is 0.542. The third-order valence-corrected chi connectivity index (χ3v) is 4.30. The lowest BCUT2D eigenvalue weighted by atomic mass is 10.3. The van der Waals surface area contributed by atoms with Gasteiger partial charge in [0, 0.05) is 6.42 Å². The van der Waals surface area contributed by atoms with Crippen molar-refractivity contribution in [3.63, 3.8) is 0 Å². The van der Waals surface area contributed by atoms with E-state index < -0.39 is 0 Å². The van der Waals surface area contributed by atoms with Crippen LogP contribution in [-0.4, -0.2) is 16.7 Å². The lowest BCUT2D eigenvalue weighted by Crippen LogP contribution is -2.01. The molecule has 16 heavy (non-hydrogen) atoms. The number of rotatable bonds is 4. The topological polar surface area (TPSA) is 64.9 Å². The van der Waals surface area contributed by atoms with E-state index in [-0.39, 0.29) is 0 Å². The molecule has 0 atom stereocenters. The van der Waals surface area contributed by atoms with Gasteiger partial charge in [-0.25, -0.2) is 0 Å². The molecular weight excluding hydrogens is 358 g/mol. The van der Waals surface area contributed by atoms with Crippen molar-refractivity contribution in [3.05, 3.63) is 19.5 Å². The second-order valence-corrected chi connectivity index (χ2v) is 6.90. The minimum Gasteiger partial charge on any atom is -0.334 e. The highest BCUT2D eigenvalue weighted by molar-refractivity contribution is 9.12. The van der Waals surface area contributed by atoms with Crippen LogP contribution in [0.15, 0.2) is 18.2 Å². The minimum absolute atomic E-state index is 0.542. The fourth-order valence-corrected chi connectivity index (χ4v) is 3.99. The standard InChI is InChI=1S/C9H9Br2N3OS/c10-6-4-5(8(11)16-6)9-13-7(14-15-9)2-1-3-12/h4H,1-3,12H2. The Hall–Kier alpha value is -0.240. The van der Waals surface area contributed by atoms with Crippen LogP contribution in [0.4, 0.5) is 0 Å². The molecule has 2 N–H and O–H groups in total. The number of aromatic nitrogens is 2. The maximum absolute atomic E-state index is 5.42. The summed E-state index contributed by atoms with van der Waals surface area (Å²) >= 11 is 8.44. The predicted molar refractivity (Wildman–Crippen MR) is 70.4 cm³/mol. The molecule has 0 spiro atoms. The zero-order chi connectivity index (χ0) is 11.5. The predicted octanol–water partition coefficient (Wildman–Crippen LogP) is 3.21. The number of hydrogen-bond donors (Lipinski definition) is 1. The van der Waals surface area contributed by atoms with Crippen molar-refractivity contribution in [2.45, 2.75) is 12.8 Å². The van der Waals surface area contributed by atoms with E-state index in [1.807, 2.05) is 6.07 Å². The quantitative estimate of drug-likeness (QED) is 0.902. The first-order valence-electron chi connectivity index (χ1n) is 4.68. The third-order valence-electron chi connectivity index (χ3n) is 1.96. The van der Waals surface area contributed by atoms with E-state index in [0.29, 0.717) is 18.3 Å². The smallest absolute Gasteiger partial charge is 0.259 e. The van der Waals surface area contributed by atoms with Crippen LogP contribution in [0.2, 0.25) is 0 Å². The largest absolute Gasteiger partial charge is 0.334 e. The van der Waals surface area contributed by atoms with Crippen LogP contribution in [-0.2, 0) is 6.42 Å². The lowest BCUT2D eigenvalue weighted by molar-refractivity contribution is 0.422. The van der Waals surface area contributed by atoms with Crippen molar-refractivity contribution in [1.82, 2.24) is 10.1 Å². The molecule has 0 saturated carbocycles. The normalized spacial score (nSPS) is 10.9. The summed E-state index contributed by atoms with van der Waals surface area (Å²) in [6.07, 6.45) is 1.62. The maximum Gasteiger partial charge on any atom is 0.259 e. The van der Waals surface area contributed by atoms with Crippen molar-refractivity contribution in [1.29, 1.82) is 0 Å². The van der Waals surface area contributed by atoms with Crippen molar-refractivity contribution < 1.29 is 4.52 Å². The Morgan fingerprint density at radius 2 is 2.25 bits per heavy atom. The summed E-state index contributed by atoms with van der Waals surface area (Å²) in [4.78, 5) is 4.31. The molecule has 0 aliphatic heterocycles. The van der Waals surface area contributed by atoms with Crippen LogP contribution >= 0.6 is 43.2 Å². The Morgan fingerprint density at radius 3 is 2.88 bits per heavy atom. The molecule has 0 unspecified atom stereocenters. The first-order valence-corrected chi connectivity index (χ1v) is 7.09. The zero-order valence-corrected chi connectivity index (χ0v) is 12.2. The Morgan fingerprint density at radius 1 is 1.44 bits per heavy atom. The van der Waals surface area contributed by atoms with Gasteiger partial charge in [-0.3, -0.25) is 0 Å². The van der Waals surface area contributed by atoms with E-state index in [4.69, 9.17) is 10.3 Å². The van der Waals surface area contributed by atoms with Gasteiger partial charge in [-0.15, -0.1) is 11.3 Å². The lowest BCUT2D eigenvalue weighted by Gasteiger charge is -1.89. The zero-order valence-electron chi connectivity index (χ0n) is 8.24. The molecule has 86 valence electrons. The van der Waals surface area contributed by atoms with E-state index in [9.17, 15) is 0 Å². The third kappa shape index (κ3) is 2.71. The molecule has 0 fully saturated rings. The van der Waals surface area contributed by atoms with Crippen LogP contribution in [0.3, 0.4) is 0 Å². The average molecular weight is 367 g/mol. The summed E-state index contributed by atoms with van der Waals surface area (Å²) in [6.45, 7) is 0.636. The molecule has 0 radical (unpaired) electrons. The monoisotopic (exact) mass is 365 g/mol. The van der Waals surface area contributed by atoms with E-state index in [2.05, 4.69) is 42.0 Å². The van der Waals surface area contributed by atoms with Gasteiger partial charge < -0.3 is 10.3 Å². The van der Waals surface area contributed by atoms with Gasteiger partial charge in [-0.05, 0) is 50.9 Å². The van der Waals surface area contributed by atoms with Crippen molar-refractivity contribution in [3.8, 4) is 11.5 Å². The van der Waals surface area contributed by atoms with Gasteiger partial charge in [0.25, 0.3) is 5.89 Å². The van der Waals surface area contributed by atoms with Gasteiger partial charge in [0.05, 0.1) is 13.1 Å². The number of aryl methyl sites for hydroxylation is 1. The highest BCUT2D eigenvalue weighted by atomic mass is 79.9. The molecule has 2 rings (SSSR count). The second kappa shape index (κ2) is 5.39. The van der Waals surface area contributed by atoms with Crippen molar-refractivity contribution in [2.75, 3.05) is 6.54 Å². The first-order chi connectivity index (χ1) is 7.70. The van der Waals surface area contributed by atoms with Crippen LogP contribution in [0.25, 0.3) is 11.5 Å². The van der Waals surface area contributed by atoms with Crippen molar-refractivity contribution >= 4 is 43.2 Å². The van der Waals surface area contributed by atoms with E-state index >= 15 is 0 Å². The number of hydrogen-bond acceptors (Lipinski definition) is 5. The van der Waals surface area contributed by atoms with E-state index in [1.165, 1.54) is 0 Å². The van der Waals surface area contributed by atoms with Gasteiger partial charge in [-0.1, -0.05) is 5.16 Å². The second-order valence-electron chi connectivity index (χ2n) is 3.15. The van der Waals surface area contributed by atoms with Gasteiger partial charge in [-0.2, -0.15) is 4.98 Å². The molecule has 2 heterocycles. The summed E-state index contributed by atoms with van der Waals surface area (Å²) in [5.41, 5.74) is 6.34. The molecule has 0 aliphatic carbocycles. The Bertz CT molecular complexity index is 483. The molecule has 0 amide bonds. The highest BCUT2D eigenvalue weighted by Crippen LogP contribution is 2.37. The van der Waals surface area contributed by atoms with Gasteiger partial charge in [0.15, 0.2) is 5.82 Å². The number of nitrogens with zero attached hydrogens (tertiary/aromatic N) is 2. The van der Waals surface area contributed by atoms with Crippen LogP contribution in [0.5, 0.6) is 0 Å². The number of halogens is 2. The molecule has 0 aromatic carbocycles. The summed E-state index contributed by atoms with van der Waals surface area (Å²) < 4.78 is 7.20. The van der Waals surface area contributed by atoms with Crippen LogP contribution in [0, 0.1) is 0 Å². The first kappa shape index (κ1) is 12.2. The van der Waals surface area contributed by atoms with Gasteiger partial charge >= 0.3 is 0 Å². The van der Waals surface area contributed by atoms with Crippen LogP contribution in [0.1, 0.15) is 12.2 Å². The molecule has 0 aliphatic rings. The molecule has 4 nitrogen and oxygen atoms in total. The van der Waals surface area contributed by atoms with E-state index in [0.717, 1.165) is 26.0 Å². The fraction of sp³-hybridized carbons (Fsp3) is 0.333. The van der Waals surface area contributed by atoms with Crippen LogP contribution < -0.4 is 5.73 Å². The number of nitrogens with two attached hydrogens (primary N) is 1. The SMILES string of the molecule is NCCCc1noc(-c2cc(Br)sc2Br)n1. The molecule has 2 aromatic rings. The summed E-state index contributed by atoms with van der Waals surface area (Å²) in [5, 5.41) is 3.91. The molecule has 7 heteroatoms. The Balaban J connectivity index is 2.21. The fourth-order valence-electron chi connectivity index (χ4n) is 1.21. The average Bonchev–Trinajstić information content (AvgIpc) is 2.82.